The predicted molar refractivity (Wildman–Crippen MR) is 177 cm³/mol. The summed E-state index contributed by atoms with van der Waals surface area (Å²) in [4.78, 5) is 61.6. The molecule has 234 valence electrons. The lowest BCUT2D eigenvalue weighted by atomic mass is 9.82. The number of benzene rings is 3. The second kappa shape index (κ2) is 12.4. The van der Waals surface area contributed by atoms with Gasteiger partial charge in [0.2, 0.25) is 0 Å². The maximum absolute atomic E-state index is 13.6. The van der Waals surface area contributed by atoms with Crippen molar-refractivity contribution in [3.8, 4) is 0 Å². The molecule has 0 saturated carbocycles. The fraction of sp³-hybridized carbons (Fsp3) is 0.289. The number of pyridine rings is 1. The standard InChI is InChI=1S/C38H38N4O4/c1-6-24-31(19-39-34-18-22(4)17-23(5)40-34)25(7-2)33(21-42-37(45)29-15-11-12-16-30(29)38(42)46)26(8-3)32(24)20-41-35(43)27-13-9-10-14-28(27)36(41)44/h9-18H,6-8,19-21H2,1-5H3,(H,39,40). The summed E-state index contributed by atoms with van der Waals surface area (Å²) in [6, 6.07) is 17.9. The summed E-state index contributed by atoms with van der Waals surface area (Å²) in [5, 5.41) is 3.53. The van der Waals surface area contributed by atoms with E-state index in [-0.39, 0.29) is 36.7 Å². The highest BCUT2D eigenvalue weighted by molar-refractivity contribution is 6.22. The first-order chi connectivity index (χ1) is 22.2. The molecule has 1 N–H and O–H groups in total. The average molecular weight is 615 g/mol. The highest BCUT2D eigenvalue weighted by Gasteiger charge is 2.38. The fourth-order valence-electron chi connectivity index (χ4n) is 7.16. The molecule has 4 amide bonds. The Kier molecular flexibility index (Phi) is 8.30. The van der Waals surface area contributed by atoms with E-state index in [2.05, 4.69) is 24.1 Å². The van der Waals surface area contributed by atoms with Crippen LogP contribution in [0.1, 0.15) is 107 Å². The zero-order valence-corrected chi connectivity index (χ0v) is 27.0. The van der Waals surface area contributed by atoms with Crippen LogP contribution in [-0.4, -0.2) is 38.4 Å². The maximum Gasteiger partial charge on any atom is 0.261 e. The molecule has 4 aromatic rings. The van der Waals surface area contributed by atoms with Crippen LogP contribution in [0.15, 0.2) is 60.7 Å². The number of aromatic nitrogens is 1. The topological polar surface area (TPSA) is 99.7 Å². The largest absolute Gasteiger partial charge is 0.366 e. The molecule has 0 spiro atoms. The van der Waals surface area contributed by atoms with Crippen LogP contribution in [0.3, 0.4) is 0 Å². The van der Waals surface area contributed by atoms with E-state index >= 15 is 0 Å². The summed E-state index contributed by atoms with van der Waals surface area (Å²) in [6.07, 6.45) is 1.94. The Bertz CT molecular complexity index is 1730. The summed E-state index contributed by atoms with van der Waals surface area (Å²) >= 11 is 0. The van der Waals surface area contributed by atoms with Gasteiger partial charge in [-0.2, -0.15) is 0 Å². The second-order valence-corrected chi connectivity index (χ2v) is 11.9. The number of rotatable bonds is 10. The Morgan fingerprint density at radius 3 is 1.33 bits per heavy atom. The number of imide groups is 2. The Morgan fingerprint density at radius 1 is 0.565 bits per heavy atom. The molecule has 6 rings (SSSR count). The number of nitrogens with one attached hydrogen (secondary N) is 1. The summed E-state index contributed by atoms with van der Waals surface area (Å²) < 4.78 is 0. The van der Waals surface area contributed by atoms with E-state index in [1.54, 1.807) is 48.5 Å². The van der Waals surface area contributed by atoms with Crippen molar-refractivity contribution in [3.05, 3.63) is 128 Å². The van der Waals surface area contributed by atoms with Gasteiger partial charge < -0.3 is 5.32 Å². The number of carbonyl (C=O) groups excluding carboxylic acids is 4. The van der Waals surface area contributed by atoms with E-state index < -0.39 is 0 Å². The molecule has 2 aliphatic rings. The first-order valence-corrected chi connectivity index (χ1v) is 15.9. The minimum absolute atomic E-state index is 0.104. The predicted octanol–water partition coefficient (Wildman–Crippen LogP) is 6.59. The van der Waals surface area contributed by atoms with Crippen molar-refractivity contribution in [2.75, 3.05) is 5.32 Å². The molecule has 0 radical (unpaired) electrons. The lowest BCUT2D eigenvalue weighted by Gasteiger charge is -2.29. The molecule has 8 nitrogen and oxygen atoms in total. The summed E-state index contributed by atoms with van der Waals surface area (Å²) in [5.41, 5.74) is 9.56. The monoisotopic (exact) mass is 614 g/mol. The highest BCUT2D eigenvalue weighted by Crippen LogP contribution is 2.36. The molecule has 0 unspecified atom stereocenters. The smallest absolute Gasteiger partial charge is 0.261 e. The van der Waals surface area contributed by atoms with Gasteiger partial charge in [-0.25, -0.2) is 4.98 Å². The van der Waals surface area contributed by atoms with Crippen molar-refractivity contribution in [1.82, 2.24) is 14.8 Å². The summed E-state index contributed by atoms with van der Waals surface area (Å²) in [6.45, 7) is 10.9. The van der Waals surface area contributed by atoms with Crippen LogP contribution >= 0.6 is 0 Å². The van der Waals surface area contributed by atoms with E-state index in [0.29, 0.717) is 48.1 Å². The molecule has 46 heavy (non-hydrogen) atoms. The number of anilines is 1. The average Bonchev–Trinajstić information content (AvgIpc) is 3.43. The maximum atomic E-state index is 13.6. The van der Waals surface area contributed by atoms with Crippen molar-refractivity contribution in [1.29, 1.82) is 0 Å². The first kappa shape index (κ1) is 30.9. The van der Waals surface area contributed by atoms with Gasteiger partial charge in [0.15, 0.2) is 0 Å². The summed E-state index contributed by atoms with van der Waals surface area (Å²) in [5.74, 6) is -0.504. The third-order valence-electron chi connectivity index (χ3n) is 9.18. The number of hydrogen-bond donors (Lipinski definition) is 1. The molecule has 0 bridgehead atoms. The second-order valence-electron chi connectivity index (χ2n) is 11.9. The van der Waals surface area contributed by atoms with Crippen LogP contribution in [-0.2, 0) is 38.9 Å². The third kappa shape index (κ3) is 5.17. The van der Waals surface area contributed by atoms with E-state index in [1.807, 2.05) is 32.9 Å². The molecule has 0 fully saturated rings. The molecule has 1 aromatic heterocycles. The number of aryl methyl sites for hydroxylation is 2. The zero-order chi connectivity index (χ0) is 32.7. The van der Waals surface area contributed by atoms with Crippen molar-refractivity contribution in [2.45, 2.75) is 73.5 Å². The van der Waals surface area contributed by atoms with E-state index in [1.165, 1.54) is 9.80 Å². The minimum Gasteiger partial charge on any atom is -0.366 e. The first-order valence-electron chi connectivity index (χ1n) is 15.9. The van der Waals surface area contributed by atoms with Crippen LogP contribution in [0.4, 0.5) is 5.82 Å². The van der Waals surface area contributed by atoms with Crippen LogP contribution < -0.4 is 5.32 Å². The molecule has 0 atom stereocenters. The van der Waals surface area contributed by atoms with Crippen molar-refractivity contribution >= 4 is 29.4 Å². The third-order valence-corrected chi connectivity index (χ3v) is 9.18. The highest BCUT2D eigenvalue weighted by atomic mass is 16.2. The van der Waals surface area contributed by atoms with E-state index in [0.717, 1.165) is 50.5 Å². The van der Waals surface area contributed by atoms with Gasteiger partial charge in [-0.3, -0.25) is 29.0 Å². The Balaban J connectivity index is 1.50. The Morgan fingerprint density at radius 2 is 0.957 bits per heavy atom. The van der Waals surface area contributed by atoms with Crippen molar-refractivity contribution in [3.63, 3.8) is 0 Å². The van der Waals surface area contributed by atoms with Gasteiger partial charge >= 0.3 is 0 Å². The van der Waals surface area contributed by atoms with Gasteiger partial charge in [0.25, 0.3) is 23.6 Å². The molecule has 3 aromatic carbocycles. The number of amides is 4. The molecule has 0 saturated heterocycles. The van der Waals surface area contributed by atoms with Crippen LogP contribution in [0.2, 0.25) is 0 Å². The molecule has 8 heteroatoms. The summed E-state index contributed by atoms with van der Waals surface area (Å²) in [7, 11) is 0. The SMILES string of the molecule is CCc1c(CNc2cc(C)cc(C)n2)c(CC)c(CN2C(=O)c3ccccc3C2=O)c(CC)c1CN1C(=O)c2ccccc2C1=O. The molecule has 0 aliphatic carbocycles. The number of nitrogens with zero attached hydrogens (tertiary/aromatic N) is 3. The van der Waals surface area contributed by atoms with Gasteiger partial charge in [-0.15, -0.1) is 0 Å². The Labute approximate surface area is 269 Å². The van der Waals surface area contributed by atoms with Crippen LogP contribution in [0, 0.1) is 13.8 Å². The van der Waals surface area contributed by atoms with Crippen LogP contribution in [0.5, 0.6) is 0 Å². The molecule has 3 heterocycles. The number of fused-ring (bicyclic) bond motifs is 2. The quantitative estimate of drug-likeness (QED) is 0.202. The Hall–Kier alpha value is -5.11. The molecular weight excluding hydrogens is 576 g/mol. The van der Waals surface area contributed by atoms with Gasteiger partial charge in [-0.05, 0) is 108 Å². The molecule has 2 aliphatic heterocycles. The number of carbonyl (C=O) groups is 4. The van der Waals surface area contributed by atoms with Crippen molar-refractivity contribution < 1.29 is 19.2 Å². The van der Waals surface area contributed by atoms with Gasteiger partial charge in [-0.1, -0.05) is 45.0 Å². The zero-order valence-electron chi connectivity index (χ0n) is 27.0. The fourth-order valence-corrected chi connectivity index (χ4v) is 7.16. The minimum atomic E-state index is -0.315. The normalized spacial score (nSPS) is 13.9. The number of hydrogen-bond acceptors (Lipinski definition) is 6. The van der Waals surface area contributed by atoms with Crippen LogP contribution in [0.25, 0.3) is 0 Å². The van der Waals surface area contributed by atoms with E-state index in [9.17, 15) is 19.2 Å². The van der Waals surface area contributed by atoms with Gasteiger partial charge in [0, 0.05) is 12.2 Å². The molecular formula is C38H38N4O4. The lowest BCUT2D eigenvalue weighted by Crippen LogP contribution is -2.33. The van der Waals surface area contributed by atoms with E-state index in [4.69, 9.17) is 0 Å². The lowest BCUT2D eigenvalue weighted by molar-refractivity contribution is 0.0629. The van der Waals surface area contributed by atoms with Gasteiger partial charge in [0.05, 0.1) is 35.3 Å². The van der Waals surface area contributed by atoms with Gasteiger partial charge in [0.1, 0.15) is 5.82 Å². The van der Waals surface area contributed by atoms with Crippen molar-refractivity contribution in [2.24, 2.45) is 0 Å².